The van der Waals surface area contributed by atoms with Crippen LogP contribution in [0.4, 0.5) is 0 Å². The predicted molar refractivity (Wildman–Crippen MR) is 84.1 cm³/mol. The Morgan fingerprint density at radius 2 is 1.81 bits per heavy atom. The van der Waals surface area contributed by atoms with Crippen LogP contribution >= 0.6 is 0 Å². The second-order valence-corrected chi connectivity index (χ2v) is 5.29. The third-order valence-corrected chi connectivity index (χ3v) is 3.42. The van der Waals surface area contributed by atoms with Crippen LogP contribution in [0.3, 0.4) is 0 Å². The largest absolute Gasteiger partial charge is 0.496 e. The van der Waals surface area contributed by atoms with Crippen LogP contribution < -0.4 is 4.74 Å². The van der Waals surface area contributed by atoms with Gasteiger partial charge >= 0.3 is 0 Å². The highest BCUT2D eigenvalue weighted by Gasteiger charge is 2.05. The fourth-order valence-electron chi connectivity index (χ4n) is 2.46. The van der Waals surface area contributed by atoms with Crippen molar-refractivity contribution in [1.82, 2.24) is 4.90 Å². The van der Waals surface area contributed by atoms with Gasteiger partial charge in [0.2, 0.25) is 0 Å². The summed E-state index contributed by atoms with van der Waals surface area (Å²) < 4.78 is 5.28. The van der Waals surface area contributed by atoms with E-state index < -0.39 is 0 Å². The molecule has 2 aromatic rings. The van der Waals surface area contributed by atoms with E-state index in [9.17, 15) is 0 Å². The van der Waals surface area contributed by atoms with Gasteiger partial charge < -0.3 is 4.74 Å². The fourth-order valence-corrected chi connectivity index (χ4v) is 2.46. The Kier molecular flexibility index (Phi) is 4.97. The Hall–Kier alpha value is -2.31. The van der Waals surface area contributed by atoms with Crippen molar-refractivity contribution >= 4 is 0 Å². The standard InChI is InChI=1S/C18H20N2O/c1-14-9-17(7-8-18(14)21-3)13-20(2)12-16-6-4-5-15(10-16)11-19/h4-10H,12-13H2,1-3H3. The SMILES string of the molecule is COc1ccc(CN(C)Cc2cccc(C#N)c2)cc1C. The van der Waals surface area contributed by atoms with Gasteiger partial charge in [0.1, 0.15) is 5.75 Å². The van der Waals surface area contributed by atoms with Crippen LogP contribution in [0, 0.1) is 18.3 Å². The first-order chi connectivity index (χ1) is 10.1. The summed E-state index contributed by atoms with van der Waals surface area (Å²) >= 11 is 0. The van der Waals surface area contributed by atoms with Gasteiger partial charge in [0.25, 0.3) is 0 Å². The smallest absolute Gasteiger partial charge is 0.121 e. The first kappa shape index (κ1) is 15.1. The third kappa shape index (κ3) is 4.08. The Balaban J connectivity index is 2.02. The van der Waals surface area contributed by atoms with Crippen molar-refractivity contribution in [1.29, 1.82) is 5.26 Å². The molecule has 0 aliphatic carbocycles. The summed E-state index contributed by atoms with van der Waals surface area (Å²) in [5.74, 6) is 0.920. The van der Waals surface area contributed by atoms with Gasteiger partial charge in [0.05, 0.1) is 18.7 Å². The van der Waals surface area contributed by atoms with Gasteiger partial charge in [0.15, 0.2) is 0 Å². The lowest BCUT2D eigenvalue weighted by molar-refractivity contribution is 0.318. The van der Waals surface area contributed by atoms with E-state index in [0.29, 0.717) is 5.56 Å². The van der Waals surface area contributed by atoms with E-state index in [4.69, 9.17) is 10.00 Å². The average molecular weight is 280 g/mol. The number of nitriles is 1. The van der Waals surface area contributed by atoms with Gasteiger partial charge in [-0.15, -0.1) is 0 Å². The Morgan fingerprint density at radius 1 is 1.10 bits per heavy atom. The maximum atomic E-state index is 8.94. The summed E-state index contributed by atoms with van der Waals surface area (Å²) in [5.41, 5.74) is 4.27. The molecule has 0 fully saturated rings. The van der Waals surface area contributed by atoms with Gasteiger partial charge in [-0.2, -0.15) is 5.26 Å². The molecule has 21 heavy (non-hydrogen) atoms. The third-order valence-electron chi connectivity index (χ3n) is 3.42. The van der Waals surface area contributed by atoms with Crippen molar-refractivity contribution in [3.63, 3.8) is 0 Å². The second kappa shape index (κ2) is 6.92. The van der Waals surface area contributed by atoms with Gasteiger partial charge in [-0.05, 0) is 48.9 Å². The molecule has 0 heterocycles. The molecule has 0 aliphatic rings. The van der Waals surface area contributed by atoms with E-state index >= 15 is 0 Å². The van der Waals surface area contributed by atoms with Gasteiger partial charge in [-0.25, -0.2) is 0 Å². The maximum Gasteiger partial charge on any atom is 0.121 e. The van der Waals surface area contributed by atoms with Crippen molar-refractivity contribution in [3.8, 4) is 11.8 Å². The molecule has 3 nitrogen and oxygen atoms in total. The lowest BCUT2D eigenvalue weighted by atomic mass is 10.1. The van der Waals surface area contributed by atoms with E-state index in [2.05, 4.69) is 43.1 Å². The maximum absolute atomic E-state index is 8.94. The number of hydrogen-bond donors (Lipinski definition) is 0. The van der Waals surface area contributed by atoms with Crippen LogP contribution in [0.25, 0.3) is 0 Å². The van der Waals surface area contributed by atoms with E-state index in [1.165, 1.54) is 5.56 Å². The van der Waals surface area contributed by atoms with Crippen molar-refractivity contribution in [2.24, 2.45) is 0 Å². The molecule has 2 aromatic carbocycles. The minimum absolute atomic E-state index is 0.709. The molecule has 0 saturated carbocycles. The van der Waals surface area contributed by atoms with Crippen LogP contribution in [-0.2, 0) is 13.1 Å². The summed E-state index contributed by atoms with van der Waals surface area (Å²) in [6.45, 7) is 3.74. The Bertz CT molecular complexity index is 659. The zero-order valence-electron chi connectivity index (χ0n) is 12.8. The van der Waals surface area contributed by atoms with Crippen LogP contribution in [0.1, 0.15) is 22.3 Å². The number of aryl methyl sites for hydroxylation is 1. The molecule has 0 saturated heterocycles. The van der Waals surface area contributed by atoms with E-state index in [-0.39, 0.29) is 0 Å². The molecule has 0 atom stereocenters. The molecular formula is C18H20N2O. The molecule has 2 rings (SSSR count). The zero-order chi connectivity index (χ0) is 15.2. The van der Waals surface area contributed by atoms with Crippen molar-refractivity contribution in [2.75, 3.05) is 14.2 Å². The van der Waals surface area contributed by atoms with Gasteiger partial charge in [0, 0.05) is 13.1 Å². The highest BCUT2D eigenvalue weighted by molar-refractivity contribution is 5.36. The van der Waals surface area contributed by atoms with E-state index in [1.54, 1.807) is 7.11 Å². The molecule has 0 bridgehead atoms. The van der Waals surface area contributed by atoms with Crippen LogP contribution in [0.2, 0.25) is 0 Å². The average Bonchev–Trinajstić information content (AvgIpc) is 2.47. The summed E-state index contributed by atoms with van der Waals surface area (Å²) in [7, 11) is 3.77. The van der Waals surface area contributed by atoms with Gasteiger partial charge in [-0.1, -0.05) is 24.3 Å². The minimum atomic E-state index is 0.709. The van der Waals surface area contributed by atoms with E-state index in [0.717, 1.165) is 30.0 Å². The normalized spacial score (nSPS) is 10.4. The number of rotatable bonds is 5. The second-order valence-electron chi connectivity index (χ2n) is 5.29. The topological polar surface area (TPSA) is 36.3 Å². The molecule has 0 radical (unpaired) electrons. The highest BCUT2D eigenvalue weighted by atomic mass is 16.5. The molecule has 0 amide bonds. The molecular weight excluding hydrogens is 260 g/mol. The summed E-state index contributed by atoms with van der Waals surface area (Å²) in [6.07, 6.45) is 0. The number of nitrogens with zero attached hydrogens (tertiary/aromatic N) is 2. The molecule has 0 unspecified atom stereocenters. The lowest BCUT2D eigenvalue weighted by Gasteiger charge is -2.18. The Labute approximate surface area is 126 Å². The number of ether oxygens (including phenoxy) is 1. The fraction of sp³-hybridized carbons (Fsp3) is 0.278. The molecule has 0 aromatic heterocycles. The Morgan fingerprint density at radius 3 is 2.43 bits per heavy atom. The summed E-state index contributed by atoms with van der Waals surface area (Å²) in [6, 6.07) is 16.2. The molecule has 0 N–H and O–H groups in total. The minimum Gasteiger partial charge on any atom is -0.496 e. The van der Waals surface area contributed by atoms with Crippen molar-refractivity contribution in [3.05, 3.63) is 64.7 Å². The predicted octanol–water partition coefficient (Wildman–Crippen LogP) is 3.51. The van der Waals surface area contributed by atoms with Crippen LogP contribution in [0.5, 0.6) is 5.75 Å². The molecule has 108 valence electrons. The van der Waals surface area contributed by atoms with Crippen molar-refractivity contribution in [2.45, 2.75) is 20.0 Å². The highest BCUT2D eigenvalue weighted by Crippen LogP contribution is 2.19. The number of benzene rings is 2. The number of hydrogen-bond acceptors (Lipinski definition) is 3. The summed E-state index contributed by atoms with van der Waals surface area (Å²) in [4.78, 5) is 2.23. The monoisotopic (exact) mass is 280 g/mol. The van der Waals surface area contributed by atoms with Crippen LogP contribution in [-0.4, -0.2) is 19.1 Å². The van der Waals surface area contributed by atoms with Gasteiger partial charge in [-0.3, -0.25) is 4.90 Å². The molecule has 0 aliphatic heterocycles. The first-order valence-corrected chi connectivity index (χ1v) is 6.93. The van der Waals surface area contributed by atoms with E-state index in [1.807, 2.05) is 24.3 Å². The van der Waals surface area contributed by atoms with Crippen molar-refractivity contribution < 1.29 is 4.74 Å². The number of methoxy groups -OCH3 is 1. The van der Waals surface area contributed by atoms with Crippen LogP contribution in [0.15, 0.2) is 42.5 Å². The molecule has 3 heteroatoms. The first-order valence-electron chi connectivity index (χ1n) is 6.93. The summed E-state index contributed by atoms with van der Waals surface area (Å²) in [5, 5.41) is 8.94. The quantitative estimate of drug-likeness (QED) is 0.841. The molecule has 0 spiro atoms. The lowest BCUT2D eigenvalue weighted by Crippen LogP contribution is -2.17. The zero-order valence-corrected chi connectivity index (χ0v) is 12.8.